The van der Waals surface area contributed by atoms with Crippen LogP contribution in [-0.4, -0.2) is 25.1 Å². The molecule has 1 aromatic rings. The Morgan fingerprint density at radius 2 is 1.88 bits per heavy atom. The molecule has 0 amide bonds. The van der Waals surface area contributed by atoms with Crippen molar-refractivity contribution in [2.75, 3.05) is 35.7 Å². The number of nitrogen functional groups attached to an aromatic ring is 1. The third-order valence-electron chi connectivity index (χ3n) is 2.53. The van der Waals surface area contributed by atoms with Crippen molar-refractivity contribution in [2.45, 2.75) is 19.8 Å². The summed E-state index contributed by atoms with van der Waals surface area (Å²) in [5.41, 5.74) is 7.83. The molecule has 2 N–H and O–H groups in total. The minimum absolute atomic E-state index is 0.837. The highest BCUT2D eigenvalue weighted by Gasteiger charge is 2.04. The van der Waals surface area contributed by atoms with Crippen LogP contribution in [0.3, 0.4) is 0 Å². The highest BCUT2D eigenvalue weighted by atomic mass is 32.2. The van der Waals surface area contributed by atoms with Crippen molar-refractivity contribution in [3.63, 3.8) is 0 Å². The van der Waals surface area contributed by atoms with Crippen LogP contribution in [0.4, 0.5) is 11.4 Å². The average molecular weight is 238 g/mol. The van der Waals surface area contributed by atoms with E-state index in [1.807, 2.05) is 23.9 Å². The largest absolute Gasteiger partial charge is 0.399 e. The van der Waals surface area contributed by atoms with E-state index in [1.54, 1.807) is 0 Å². The second-order valence-corrected chi connectivity index (χ2v) is 4.91. The number of hydrogen-bond donors (Lipinski definition) is 1. The van der Waals surface area contributed by atoms with Crippen molar-refractivity contribution >= 4 is 23.1 Å². The number of anilines is 2. The van der Waals surface area contributed by atoms with Crippen molar-refractivity contribution < 1.29 is 0 Å². The van der Waals surface area contributed by atoms with E-state index in [0.717, 1.165) is 18.8 Å². The van der Waals surface area contributed by atoms with Gasteiger partial charge in [0.1, 0.15) is 0 Å². The number of thioether (sulfide) groups is 1. The van der Waals surface area contributed by atoms with Gasteiger partial charge in [0.25, 0.3) is 0 Å². The molecule has 2 nitrogen and oxygen atoms in total. The van der Waals surface area contributed by atoms with Crippen molar-refractivity contribution in [3.05, 3.63) is 24.3 Å². The summed E-state index contributed by atoms with van der Waals surface area (Å²) in [6, 6.07) is 8.19. The van der Waals surface area contributed by atoms with Crippen LogP contribution in [0.25, 0.3) is 0 Å². The van der Waals surface area contributed by atoms with Crippen molar-refractivity contribution in [1.82, 2.24) is 0 Å². The molecule has 1 aromatic carbocycles. The molecule has 0 fully saturated rings. The normalized spacial score (nSPS) is 10.4. The first kappa shape index (κ1) is 13.2. The lowest BCUT2D eigenvalue weighted by Gasteiger charge is -2.24. The first-order valence-electron chi connectivity index (χ1n) is 5.87. The third kappa shape index (κ3) is 4.35. The predicted molar refractivity (Wildman–Crippen MR) is 76.4 cm³/mol. The van der Waals surface area contributed by atoms with Crippen LogP contribution < -0.4 is 10.6 Å². The average Bonchev–Trinajstić information content (AvgIpc) is 2.29. The molecule has 0 radical (unpaired) electrons. The summed E-state index contributed by atoms with van der Waals surface area (Å²) in [7, 11) is 0. The molecular formula is C13H22N2S. The minimum atomic E-state index is 0.837. The summed E-state index contributed by atoms with van der Waals surface area (Å²) >= 11 is 1.91. The quantitative estimate of drug-likeness (QED) is 0.584. The van der Waals surface area contributed by atoms with Crippen molar-refractivity contribution in [1.29, 1.82) is 0 Å². The molecule has 0 saturated heterocycles. The molecule has 0 bridgehead atoms. The van der Waals surface area contributed by atoms with Crippen molar-refractivity contribution in [3.8, 4) is 0 Å². The molecule has 16 heavy (non-hydrogen) atoms. The van der Waals surface area contributed by atoms with E-state index in [-0.39, 0.29) is 0 Å². The molecule has 90 valence electrons. The lowest BCUT2D eigenvalue weighted by Crippen LogP contribution is -2.25. The monoisotopic (exact) mass is 238 g/mol. The number of nitrogens with zero attached hydrogens (tertiary/aromatic N) is 1. The number of rotatable bonds is 7. The Balaban J connectivity index is 2.57. The Morgan fingerprint density at radius 1 is 1.19 bits per heavy atom. The van der Waals surface area contributed by atoms with Gasteiger partial charge in [-0.05, 0) is 49.1 Å². The molecule has 1 rings (SSSR count). The molecule has 0 unspecified atom stereocenters. The maximum atomic E-state index is 5.70. The van der Waals surface area contributed by atoms with Gasteiger partial charge < -0.3 is 10.6 Å². The number of hydrogen-bond acceptors (Lipinski definition) is 3. The van der Waals surface area contributed by atoms with Gasteiger partial charge in [-0.25, -0.2) is 0 Å². The van der Waals surface area contributed by atoms with Gasteiger partial charge in [0, 0.05) is 24.5 Å². The van der Waals surface area contributed by atoms with Crippen LogP contribution in [0, 0.1) is 0 Å². The summed E-state index contributed by atoms with van der Waals surface area (Å²) in [5.74, 6) is 1.23. The van der Waals surface area contributed by atoms with Gasteiger partial charge in [-0.1, -0.05) is 6.92 Å². The standard InChI is InChI=1S/C13H22N2S/c1-3-9-15(10-4-11-16-2)13-7-5-12(14)6-8-13/h5-8H,3-4,9-11,14H2,1-2H3. The van der Waals surface area contributed by atoms with Gasteiger partial charge in [0.05, 0.1) is 0 Å². The van der Waals surface area contributed by atoms with E-state index in [0.29, 0.717) is 0 Å². The molecule has 0 spiro atoms. The lowest BCUT2D eigenvalue weighted by molar-refractivity contribution is 0.748. The van der Waals surface area contributed by atoms with Crippen LogP contribution in [0.1, 0.15) is 19.8 Å². The van der Waals surface area contributed by atoms with Crippen LogP contribution in [0.5, 0.6) is 0 Å². The van der Waals surface area contributed by atoms with E-state index in [9.17, 15) is 0 Å². The lowest BCUT2D eigenvalue weighted by atomic mass is 10.2. The van der Waals surface area contributed by atoms with E-state index < -0.39 is 0 Å². The second kappa shape index (κ2) is 7.44. The van der Waals surface area contributed by atoms with E-state index in [1.165, 1.54) is 24.3 Å². The van der Waals surface area contributed by atoms with Gasteiger partial charge in [-0.2, -0.15) is 11.8 Å². The summed E-state index contributed by atoms with van der Waals surface area (Å²) in [4.78, 5) is 2.44. The fourth-order valence-corrected chi connectivity index (χ4v) is 2.14. The van der Waals surface area contributed by atoms with E-state index >= 15 is 0 Å². The number of benzene rings is 1. The van der Waals surface area contributed by atoms with Crippen molar-refractivity contribution in [2.24, 2.45) is 0 Å². The third-order valence-corrected chi connectivity index (χ3v) is 3.23. The summed E-state index contributed by atoms with van der Waals surface area (Å²) < 4.78 is 0. The van der Waals surface area contributed by atoms with Crippen LogP contribution in [0.2, 0.25) is 0 Å². The highest BCUT2D eigenvalue weighted by molar-refractivity contribution is 7.98. The van der Waals surface area contributed by atoms with E-state index in [2.05, 4.69) is 30.2 Å². The molecule has 0 aromatic heterocycles. The van der Waals surface area contributed by atoms with Gasteiger partial charge in [-0.3, -0.25) is 0 Å². The zero-order chi connectivity index (χ0) is 11.8. The molecule has 0 atom stereocenters. The molecule has 3 heteroatoms. The van der Waals surface area contributed by atoms with Gasteiger partial charge in [0.2, 0.25) is 0 Å². The molecule has 0 aliphatic heterocycles. The first-order valence-corrected chi connectivity index (χ1v) is 7.26. The Kier molecular flexibility index (Phi) is 6.16. The second-order valence-electron chi connectivity index (χ2n) is 3.92. The highest BCUT2D eigenvalue weighted by Crippen LogP contribution is 2.17. The first-order chi connectivity index (χ1) is 7.77. The zero-order valence-corrected chi connectivity index (χ0v) is 11.1. The van der Waals surface area contributed by atoms with Crippen LogP contribution in [-0.2, 0) is 0 Å². The summed E-state index contributed by atoms with van der Waals surface area (Å²) in [6.45, 7) is 4.48. The van der Waals surface area contributed by atoms with Gasteiger partial charge >= 0.3 is 0 Å². The number of nitrogens with two attached hydrogens (primary N) is 1. The molecule has 0 aliphatic carbocycles. The fraction of sp³-hybridized carbons (Fsp3) is 0.538. The SMILES string of the molecule is CCCN(CCCSC)c1ccc(N)cc1. The Morgan fingerprint density at radius 3 is 2.44 bits per heavy atom. The summed E-state index contributed by atoms with van der Waals surface area (Å²) in [6.07, 6.45) is 4.59. The van der Waals surface area contributed by atoms with Crippen LogP contribution >= 0.6 is 11.8 Å². The Bertz CT molecular complexity index is 284. The molecule has 0 heterocycles. The molecule has 0 aliphatic rings. The van der Waals surface area contributed by atoms with Crippen LogP contribution in [0.15, 0.2) is 24.3 Å². The minimum Gasteiger partial charge on any atom is -0.399 e. The maximum Gasteiger partial charge on any atom is 0.0367 e. The summed E-state index contributed by atoms with van der Waals surface area (Å²) in [5, 5.41) is 0. The van der Waals surface area contributed by atoms with Gasteiger partial charge in [0.15, 0.2) is 0 Å². The molecule has 0 saturated carbocycles. The zero-order valence-electron chi connectivity index (χ0n) is 10.3. The van der Waals surface area contributed by atoms with E-state index in [4.69, 9.17) is 5.73 Å². The molecular weight excluding hydrogens is 216 g/mol. The Hall–Kier alpha value is -0.830. The maximum absolute atomic E-state index is 5.70. The Labute approximate surface area is 103 Å². The topological polar surface area (TPSA) is 29.3 Å². The predicted octanol–water partition coefficient (Wildman–Crippen LogP) is 3.24. The smallest absolute Gasteiger partial charge is 0.0367 e. The van der Waals surface area contributed by atoms with Gasteiger partial charge in [-0.15, -0.1) is 0 Å². The fourth-order valence-electron chi connectivity index (χ4n) is 1.72.